The molecule has 2 rings (SSSR count). The number of rotatable bonds is 11. The molecular weight excluding hydrogens is 484 g/mol. The number of hydrogen-bond acceptors (Lipinski definition) is 3. The molecule has 1 fully saturated rings. The maximum atomic E-state index is 12.3. The SMILES string of the molecule is C=CN=C(C)C(/C=C\C)=C(C)C.CCCCC(CC)c1cccc(NC(=O)NCC2CCN(C(C)=O)CC2)c1. The Balaban J connectivity index is 0.000000534. The van der Waals surface area contributed by atoms with Crippen LogP contribution in [0.4, 0.5) is 10.5 Å². The molecule has 0 bridgehead atoms. The lowest BCUT2D eigenvalue weighted by Crippen LogP contribution is -2.41. The van der Waals surface area contributed by atoms with Gasteiger partial charge in [0.25, 0.3) is 0 Å². The number of carbonyl (C=O) groups is 2. The molecule has 1 unspecified atom stereocenters. The van der Waals surface area contributed by atoms with Crippen LogP contribution in [0.5, 0.6) is 0 Å². The zero-order chi connectivity index (χ0) is 29.2. The van der Waals surface area contributed by atoms with E-state index in [0.717, 1.165) is 43.8 Å². The van der Waals surface area contributed by atoms with Gasteiger partial charge in [-0.3, -0.25) is 9.79 Å². The first-order valence-electron chi connectivity index (χ1n) is 14.5. The van der Waals surface area contributed by atoms with Crippen molar-refractivity contribution in [3.63, 3.8) is 0 Å². The van der Waals surface area contributed by atoms with E-state index in [0.29, 0.717) is 18.4 Å². The number of nitrogens with one attached hydrogen (secondary N) is 2. The number of piperidine rings is 1. The summed E-state index contributed by atoms with van der Waals surface area (Å²) in [6, 6.07) is 8.09. The Kier molecular flexibility index (Phi) is 16.5. The number of nitrogens with zero attached hydrogens (tertiary/aromatic N) is 2. The van der Waals surface area contributed by atoms with Crippen molar-refractivity contribution in [3.8, 4) is 0 Å². The molecule has 0 saturated carbocycles. The number of likely N-dealkylation sites (tertiary alicyclic amines) is 1. The van der Waals surface area contributed by atoms with Gasteiger partial charge in [0.2, 0.25) is 5.91 Å². The average molecular weight is 537 g/mol. The van der Waals surface area contributed by atoms with Crippen LogP contribution in [0.15, 0.2) is 65.3 Å². The molecule has 0 aliphatic carbocycles. The molecule has 3 amide bonds. The van der Waals surface area contributed by atoms with Crippen LogP contribution >= 0.6 is 0 Å². The first kappa shape index (κ1) is 33.9. The van der Waals surface area contributed by atoms with E-state index < -0.39 is 0 Å². The maximum absolute atomic E-state index is 12.3. The Labute approximate surface area is 237 Å². The fourth-order valence-corrected chi connectivity index (χ4v) is 4.81. The number of carbonyl (C=O) groups excluding carboxylic acids is 2. The zero-order valence-corrected chi connectivity index (χ0v) is 25.5. The van der Waals surface area contributed by atoms with Gasteiger partial charge in [-0.05, 0) is 88.5 Å². The number of allylic oxidation sites excluding steroid dienone is 4. The van der Waals surface area contributed by atoms with E-state index in [9.17, 15) is 9.59 Å². The summed E-state index contributed by atoms with van der Waals surface area (Å²) >= 11 is 0. The Morgan fingerprint density at radius 3 is 2.38 bits per heavy atom. The average Bonchev–Trinajstić information content (AvgIpc) is 2.91. The third-order valence-corrected chi connectivity index (χ3v) is 7.17. The lowest BCUT2D eigenvalue weighted by atomic mass is 9.91. The van der Waals surface area contributed by atoms with Crippen molar-refractivity contribution >= 4 is 23.3 Å². The largest absolute Gasteiger partial charge is 0.343 e. The van der Waals surface area contributed by atoms with Crippen LogP contribution in [0, 0.1) is 5.92 Å². The second-order valence-electron chi connectivity index (χ2n) is 10.5. The topological polar surface area (TPSA) is 73.8 Å². The van der Waals surface area contributed by atoms with Gasteiger partial charge >= 0.3 is 6.03 Å². The van der Waals surface area contributed by atoms with Crippen LogP contribution in [0.2, 0.25) is 0 Å². The summed E-state index contributed by atoms with van der Waals surface area (Å²) in [4.78, 5) is 29.7. The van der Waals surface area contributed by atoms with Gasteiger partial charge in [0.1, 0.15) is 0 Å². The highest BCUT2D eigenvalue weighted by Gasteiger charge is 2.21. The number of anilines is 1. The van der Waals surface area contributed by atoms with E-state index in [-0.39, 0.29) is 11.9 Å². The molecule has 0 aromatic heterocycles. The Bertz CT molecular complexity index is 997. The van der Waals surface area contributed by atoms with Gasteiger partial charge in [0.15, 0.2) is 0 Å². The van der Waals surface area contributed by atoms with Crippen molar-refractivity contribution in [2.45, 2.75) is 92.9 Å². The molecule has 39 heavy (non-hydrogen) atoms. The van der Waals surface area contributed by atoms with Gasteiger partial charge in [-0.2, -0.15) is 0 Å². The monoisotopic (exact) mass is 536 g/mol. The Morgan fingerprint density at radius 2 is 1.85 bits per heavy atom. The predicted molar refractivity (Wildman–Crippen MR) is 167 cm³/mol. The van der Waals surface area contributed by atoms with E-state index in [1.54, 1.807) is 13.1 Å². The van der Waals surface area contributed by atoms with Crippen LogP contribution in [0.1, 0.15) is 98.5 Å². The molecule has 1 aromatic carbocycles. The van der Waals surface area contributed by atoms with Crippen molar-refractivity contribution in [1.29, 1.82) is 0 Å². The van der Waals surface area contributed by atoms with E-state index >= 15 is 0 Å². The minimum atomic E-state index is -0.150. The summed E-state index contributed by atoms with van der Waals surface area (Å²) in [5.41, 5.74) is 5.64. The van der Waals surface area contributed by atoms with E-state index in [4.69, 9.17) is 0 Å². The Morgan fingerprint density at radius 1 is 1.15 bits per heavy atom. The van der Waals surface area contributed by atoms with Crippen LogP contribution in [-0.2, 0) is 4.79 Å². The van der Waals surface area contributed by atoms with Gasteiger partial charge < -0.3 is 15.5 Å². The number of amides is 3. The summed E-state index contributed by atoms with van der Waals surface area (Å²) < 4.78 is 0. The van der Waals surface area contributed by atoms with E-state index in [1.807, 2.05) is 37.0 Å². The summed E-state index contributed by atoms with van der Waals surface area (Å²) in [5.74, 6) is 1.14. The Hall–Kier alpha value is -3.15. The molecule has 6 nitrogen and oxygen atoms in total. The third-order valence-electron chi connectivity index (χ3n) is 7.17. The molecule has 2 N–H and O–H groups in total. The van der Waals surface area contributed by atoms with Crippen LogP contribution in [0.25, 0.3) is 0 Å². The number of hydrogen-bond donors (Lipinski definition) is 2. The molecule has 1 atom stereocenters. The van der Waals surface area contributed by atoms with Crippen LogP contribution < -0.4 is 10.6 Å². The number of unbranched alkanes of at least 4 members (excludes halogenated alkanes) is 1. The van der Waals surface area contributed by atoms with Gasteiger partial charge in [-0.25, -0.2) is 4.79 Å². The van der Waals surface area contributed by atoms with Gasteiger partial charge in [-0.1, -0.05) is 63.1 Å². The molecule has 1 saturated heterocycles. The first-order chi connectivity index (χ1) is 18.7. The smallest absolute Gasteiger partial charge is 0.319 e. The standard InChI is InChI=1S/C22H35N3O2.C11H17N/c1-4-6-8-19(5-2)20-9-7-10-21(15-20)24-22(27)23-16-18-11-13-25(14-12-18)17(3)26;1-6-8-11(9(3)4)10(5)12-7-2/h7,9-10,15,18-19H,4-6,8,11-14,16H2,1-3H3,(H2,23,24,27);6-8H,2H2,1,3-5H3/b;8-6-,12-10?. The quantitative estimate of drug-likeness (QED) is 0.221. The van der Waals surface area contributed by atoms with Crippen molar-refractivity contribution in [2.75, 3.05) is 25.0 Å². The van der Waals surface area contributed by atoms with Crippen molar-refractivity contribution in [2.24, 2.45) is 10.9 Å². The van der Waals surface area contributed by atoms with E-state index in [1.165, 1.54) is 36.0 Å². The highest BCUT2D eigenvalue weighted by Crippen LogP contribution is 2.27. The third kappa shape index (κ3) is 13.0. The van der Waals surface area contributed by atoms with Crippen LogP contribution in [0.3, 0.4) is 0 Å². The summed E-state index contributed by atoms with van der Waals surface area (Å²) in [6.07, 6.45) is 12.3. The number of benzene rings is 1. The van der Waals surface area contributed by atoms with Gasteiger partial charge in [-0.15, -0.1) is 0 Å². The predicted octanol–water partition coefficient (Wildman–Crippen LogP) is 8.25. The van der Waals surface area contributed by atoms with E-state index in [2.05, 4.69) is 68.1 Å². The summed E-state index contributed by atoms with van der Waals surface area (Å²) in [5, 5.41) is 5.96. The summed E-state index contributed by atoms with van der Waals surface area (Å²) in [7, 11) is 0. The molecule has 1 heterocycles. The highest BCUT2D eigenvalue weighted by atomic mass is 16.2. The number of aliphatic imine (C=N–C) groups is 1. The second-order valence-corrected chi connectivity index (χ2v) is 10.5. The fourth-order valence-electron chi connectivity index (χ4n) is 4.81. The molecule has 216 valence electrons. The molecule has 1 aliphatic rings. The second kappa shape index (κ2) is 19.0. The molecular formula is C33H52N4O2. The van der Waals surface area contributed by atoms with Crippen molar-refractivity contribution in [3.05, 3.63) is 65.9 Å². The molecule has 1 aliphatic heterocycles. The summed E-state index contributed by atoms with van der Waals surface area (Å²) in [6.45, 7) is 20.0. The zero-order valence-electron chi connectivity index (χ0n) is 25.5. The minimum absolute atomic E-state index is 0.142. The first-order valence-corrected chi connectivity index (χ1v) is 14.5. The maximum Gasteiger partial charge on any atom is 0.319 e. The van der Waals surface area contributed by atoms with Gasteiger partial charge in [0.05, 0.1) is 0 Å². The fraction of sp³-hybridized carbons (Fsp3) is 0.545. The highest BCUT2D eigenvalue weighted by molar-refractivity contribution is 6.01. The molecule has 0 radical (unpaired) electrons. The van der Waals surface area contributed by atoms with Gasteiger partial charge in [0, 0.05) is 44.2 Å². The molecule has 6 heteroatoms. The van der Waals surface area contributed by atoms with Crippen molar-refractivity contribution < 1.29 is 9.59 Å². The number of urea groups is 1. The van der Waals surface area contributed by atoms with Crippen molar-refractivity contribution in [1.82, 2.24) is 10.2 Å². The normalized spacial score (nSPS) is 14.7. The lowest BCUT2D eigenvalue weighted by Gasteiger charge is -2.31. The molecule has 1 aromatic rings. The lowest BCUT2D eigenvalue weighted by molar-refractivity contribution is -0.130. The minimum Gasteiger partial charge on any atom is -0.343 e. The molecule has 0 spiro atoms. The van der Waals surface area contributed by atoms with Crippen LogP contribution in [-0.4, -0.2) is 42.2 Å².